The molecule has 0 aliphatic carbocycles. The van der Waals surface area contributed by atoms with Gasteiger partial charge in [-0.15, -0.1) is 0 Å². The Labute approximate surface area is 103 Å². The van der Waals surface area contributed by atoms with E-state index in [9.17, 15) is 0 Å². The van der Waals surface area contributed by atoms with Gasteiger partial charge in [-0.2, -0.15) is 0 Å². The molecule has 17 heavy (non-hydrogen) atoms. The molecule has 0 fully saturated rings. The van der Waals surface area contributed by atoms with Crippen molar-refractivity contribution in [2.75, 3.05) is 0 Å². The predicted octanol–water partition coefficient (Wildman–Crippen LogP) is 3.82. The van der Waals surface area contributed by atoms with Gasteiger partial charge in [-0.3, -0.25) is 0 Å². The molecule has 92 valence electrons. The van der Waals surface area contributed by atoms with E-state index in [-0.39, 0.29) is 5.41 Å². The molecule has 3 heteroatoms. The van der Waals surface area contributed by atoms with Crippen molar-refractivity contribution in [1.82, 2.24) is 15.0 Å². The van der Waals surface area contributed by atoms with Gasteiger partial charge in [-0.25, -0.2) is 9.97 Å². The molecule has 3 nitrogen and oxygen atoms in total. The minimum absolute atomic E-state index is 0.157. The zero-order valence-electron chi connectivity index (χ0n) is 11.0. The summed E-state index contributed by atoms with van der Waals surface area (Å²) in [6, 6.07) is 3.98. The van der Waals surface area contributed by atoms with Gasteiger partial charge in [0.2, 0.25) is 0 Å². The number of aromatic nitrogens is 3. The van der Waals surface area contributed by atoms with Crippen LogP contribution in [0.4, 0.5) is 0 Å². The summed E-state index contributed by atoms with van der Waals surface area (Å²) in [5.41, 5.74) is 2.03. The first kappa shape index (κ1) is 12.1. The first-order chi connectivity index (χ1) is 8.19. The van der Waals surface area contributed by atoms with Crippen molar-refractivity contribution < 1.29 is 0 Å². The first-order valence-corrected chi connectivity index (χ1v) is 6.51. The van der Waals surface area contributed by atoms with Crippen molar-refractivity contribution >= 4 is 11.2 Å². The van der Waals surface area contributed by atoms with E-state index in [4.69, 9.17) is 0 Å². The van der Waals surface area contributed by atoms with Crippen LogP contribution in [-0.4, -0.2) is 15.0 Å². The molecule has 0 saturated carbocycles. The van der Waals surface area contributed by atoms with Gasteiger partial charge in [0, 0.05) is 11.6 Å². The Morgan fingerprint density at radius 2 is 1.94 bits per heavy atom. The van der Waals surface area contributed by atoms with Gasteiger partial charge >= 0.3 is 0 Å². The summed E-state index contributed by atoms with van der Waals surface area (Å²) in [6.07, 6.45) is 6.49. The number of hydrogen-bond acceptors (Lipinski definition) is 2. The van der Waals surface area contributed by atoms with Gasteiger partial charge in [0.05, 0.1) is 5.52 Å². The predicted molar refractivity (Wildman–Crippen MR) is 71.1 cm³/mol. The topological polar surface area (TPSA) is 41.6 Å². The van der Waals surface area contributed by atoms with E-state index >= 15 is 0 Å². The fourth-order valence-corrected chi connectivity index (χ4v) is 2.60. The highest BCUT2D eigenvalue weighted by atomic mass is 15.0. The van der Waals surface area contributed by atoms with Crippen molar-refractivity contribution in [3.05, 3.63) is 24.2 Å². The molecule has 2 aromatic heterocycles. The van der Waals surface area contributed by atoms with E-state index in [1.165, 1.54) is 25.7 Å². The van der Waals surface area contributed by atoms with Crippen LogP contribution in [0.15, 0.2) is 18.3 Å². The second-order valence-corrected chi connectivity index (χ2v) is 5.02. The minimum Gasteiger partial charge on any atom is -0.340 e. The molecule has 2 rings (SSSR count). The summed E-state index contributed by atoms with van der Waals surface area (Å²) in [4.78, 5) is 12.4. The molecule has 0 radical (unpaired) electrons. The fourth-order valence-electron chi connectivity index (χ4n) is 2.60. The zero-order chi connectivity index (χ0) is 12.3. The molecule has 0 saturated heterocycles. The molecule has 0 spiro atoms. The smallest absolute Gasteiger partial charge is 0.177 e. The lowest BCUT2D eigenvalue weighted by atomic mass is 9.80. The third kappa shape index (κ3) is 2.33. The minimum atomic E-state index is 0.157. The van der Waals surface area contributed by atoms with Crippen LogP contribution in [0, 0.1) is 0 Å². The highest BCUT2D eigenvalue weighted by molar-refractivity contribution is 5.70. The number of nitrogens with one attached hydrogen (secondary N) is 1. The Morgan fingerprint density at radius 3 is 2.53 bits per heavy atom. The standard InChI is InChI=1S/C14H21N3/c1-4-8-14(3,9-5-2)13-16-11-7-6-10-15-12(11)17-13/h6-7,10H,4-5,8-9H2,1-3H3,(H,15,16,17). The lowest BCUT2D eigenvalue weighted by Crippen LogP contribution is -2.23. The summed E-state index contributed by atoms with van der Waals surface area (Å²) in [6.45, 7) is 6.77. The van der Waals surface area contributed by atoms with Crippen LogP contribution in [0.1, 0.15) is 52.3 Å². The number of pyridine rings is 1. The second kappa shape index (κ2) is 4.86. The van der Waals surface area contributed by atoms with E-state index in [0.29, 0.717) is 0 Å². The Morgan fingerprint density at radius 1 is 1.24 bits per heavy atom. The van der Waals surface area contributed by atoms with Gasteiger partial charge < -0.3 is 4.98 Å². The Hall–Kier alpha value is -1.38. The molecule has 0 aliphatic rings. The summed E-state index contributed by atoms with van der Waals surface area (Å²) in [5.74, 6) is 1.09. The van der Waals surface area contributed by atoms with Crippen LogP contribution in [-0.2, 0) is 5.41 Å². The summed E-state index contributed by atoms with van der Waals surface area (Å²) >= 11 is 0. The van der Waals surface area contributed by atoms with E-state index < -0.39 is 0 Å². The van der Waals surface area contributed by atoms with Crippen LogP contribution in [0.3, 0.4) is 0 Å². The number of nitrogens with zero attached hydrogens (tertiary/aromatic N) is 2. The Bertz CT molecular complexity index is 448. The quantitative estimate of drug-likeness (QED) is 0.850. The molecule has 0 amide bonds. The van der Waals surface area contributed by atoms with Gasteiger partial charge in [0.1, 0.15) is 5.82 Å². The average Bonchev–Trinajstić information content (AvgIpc) is 2.74. The third-order valence-electron chi connectivity index (χ3n) is 3.43. The van der Waals surface area contributed by atoms with Gasteiger partial charge in [0.15, 0.2) is 5.65 Å². The second-order valence-electron chi connectivity index (χ2n) is 5.02. The highest BCUT2D eigenvalue weighted by Gasteiger charge is 2.28. The van der Waals surface area contributed by atoms with Crippen molar-refractivity contribution in [2.45, 2.75) is 51.9 Å². The van der Waals surface area contributed by atoms with E-state index in [0.717, 1.165) is 17.0 Å². The molecule has 2 heterocycles. The van der Waals surface area contributed by atoms with Crippen LogP contribution in [0.2, 0.25) is 0 Å². The van der Waals surface area contributed by atoms with Crippen LogP contribution in [0.5, 0.6) is 0 Å². The van der Waals surface area contributed by atoms with E-state index in [1.54, 1.807) is 6.20 Å². The first-order valence-electron chi connectivity index (χ1n) is 6.51. The number of imidazole rings is 1. The number of fused-ring (bicyclic) bond motifs is 1. The number of aromatic amines is 1. The molecule has 0 unspecified atom stereocenters. The van der Waals surface area contributed by atoms with Crippen molar-refractivity contribution in [3.63, 3.8) is 0 Å². The van der Waals surface area contributed by atoms with Crippen LogP contribution < -0.4 is 0 Å². The molecular weight excluding hydrogens is 210 g/mol. The van der Waals surface area contributed by atoms with E-state index in [2.05, 4.69) is 35.7 Å². The lowest BCUT2D eigenvalue weighted by Gasteiger charge is -2.26. The monoisotopic (exact) mass is 231 g/mol. The van der Waals surface area contributed by atoms with Gasteiger partial charge in [-0.05, 0) is 25.0 Å². The zero-order valence-corrected chi connectivity index (χ0v) is 11.0. The normalized spacial score (nSPS) is 12.2. The highest BCUT2D eigenvalue weighted by Crippen LogP contribution is 2.32. The molecule has 0 aromatic carbocycles. The number of H-pyrrole nitrogens is 1. The molecule has 0 bridgehead atoms. The molecule has 0 aliphatic heterocycles. The van der Waals surface area contributed by atoms with Crippen molar-refractivity contribution in [3.8, 4) is 0 Å². The maximum atomic E-state index is 4.66. The fraction of sp³-hybridized carbons (Fsp3) is 0.571. The van der Waals surface area contributed by atoms with Crippen molar-refractivity contribution in [1.29, 1.82) is 0 Å². The summed E-state index contributed by atoms with van der Waals surface area (Å²) < 4.78 is 0. The van der Waals surface area contributed by atoms with Crippen molar-refractivity contribution in [2.24, 2.45) is 0 Å². The van der Waals surface area contributed by atoms with Gasteiger partial charge in [-0.1, -0.05) is 33.6 Å². The Kier molecular flexibility index (Phi) is 3.46. The third-order valence-corrected chi connectivity index (χ3v) is 3.43. The maximum Gasteiger partial charge on any atom is 0.177 e. The van der Waals surface area contributed by atoms with Crippen LogP contribution in [0.25, 0.3) is 11.2 Å². The number of hydrogen-bond donors (Lipinski definition) is 1. The summed E-state index contributed by atoms with van der Waals surface area (Å²) in [7, 11) is 0. The molecule has 1 N–H and O–H groups in total. The number of rotatable bonds is 5. The largest absolute Gasteiger partial charge is 0.340 e. The molecular formula is C14H21N3. The molecule has 0 atom stereocenters. The van der Waals surface area contributed by atoms with E-state index in [1.807, 2.05) is 12.1 Å². The SMILES string of the molecule is CCCC(C)(CCC)c1nc2ncccc2[nH]1. The van der Waals surface area contributed by atoms with Crippen LogP contribution >= 0.6 is 0 Å². The van der Waals surface area contributed by atoms with Gasteiger partial charge in [0.25, 0.3) is 0 Å². The summed E-state index contributed by atoms with van der Waals surface area (Å²) in [5, 5.41) is 0. The maximum absolute atomic E-state index is 4.66. The lowest BCUT2D eigenvalue weighted by molar-refractivity contribution is 0.373. The Balaban J connectivity index is 2.41. The molecule has 2 aromatic rings. The average molecular weight is 231 g/mol.